The fraction of sp³-hybridized carbons (Fsp3) is 0.400. The Balaban J connectivity index is 1.23. The van der Waals surface area contributed by atoms with Crippen LogP contribution >= 0.6 is 0 Å². The van der Waals surface area contributed by atoms with Gasteiger partial charge < -0.3 is 15.0 Å². The molecule has 0 saturated heterocycles. The number of nitrogens with zero attached hydrogens (tertiary/aromatic N) is 2. The van der Waals surface area contributed by atoms with E-state index >= 15 is 0 Å². The SMILES string of the molecule is O=C(NC1CC23C[C@H](C(=O)O)CC12C3)c1nccc2ccn(Cc3ccc(C(F)(F)F)cc3)c12. The van der Waals surface area contributed by atoms with Gasteiger partial charge in [0.2, 0.25) is 0 Å². The van der Waals surface area contributed by atoms with Crippen LogP contribution in [0.3, 0.4) is 0 Å². The molecule has 3 unspecified atom stereocenters. The normalized spacial score (nSPS) is 29.3. The average Bonchev–Trinajstić information content (AvgIpc) is 3.05. The number of rotatable bonds is 5. The van der Waals surface area contributed by atoms with Crippen molar-refractivity contribution in [3.8, 4) is 0 Å². The lowest BCUT2D eigenvalue weighted by molar-refractivity contribution is -0.142. The van der Waals surface area contributed by atoms with Crippen LogP contribution in [0.4, 0.5) is 13.2 Å². The Morgan fingerprint density at radius 3 is 2.59 bits per heavy atom. The summed E-state index contributed by atoms with van der Waals surface area (Å²) >= 11 is 0. The van der Waals surface area contributed by atoms with E-state index in [1.54, 1.807) is 18.5 Å². The molecular weight excluding hydrogens is 447 g/mol. The molecule has 1 amide bonds. The third-order valence-corrected chi connectivity index (χ3v) is 8.28. The van der Waals surface area contributed by atoms with E-state index in [4.69, 9.17) is 0 Å². The van der Waals surface area contributed by atoms with E-state index in [-0.39, 0.29) is 34.4 Å². The Bertz CT molecular complexity index is 1330. The molecule has 0 radical (unpaired) electrons. The van der Waals surface area contributed by atoms with Gasteiger partial charge in [-0.25, -0.2) is 4.98 Å². The van der Waals surface area contributed by atoms with Gasteiger partial charge >= 0.3 is 12.1 Å². The summed E-state index contributed by atoms with van der Waals surface area (Å²) in [6.07, 6.45) is 2.03. The van der Waals surface area contributed by atoms with Crippen LogP contribution in [0.15, 0.2) is 48.8 Å². The Labute approximate surface area is 192 Å². The standard InChI is InChI=1S/C25H22F3N3O3/c26-25(27,28)17-3-1-14(2-4-17)12-31-8-6-15-5-7-29-19(20(15)31)21(32)30-18-11-23-9-16(22(33)34)10-24(18,23)13-23/h1-8,16,18H,9-13H2,(H,30,32)(H,33,34)/t16-,18?,23?,24?/m0/s1. The third-order valence-electron chi connectivity index (χ3n) is 8.28. The van der Waals surface area contributed by atoms with Gasteiger partial charge in [0, 0.05) is 30.4 Å². The van der Waals surface area contributed by atoms with Crippen LogP contribution in [0.25, 0.3) is 10.9 Å². The molecule has 3 fully saturated rings. The van der Waals surface area contributed by atoms with Gasteiger partial charge in [-0.2, -0.15) is 13.2 Å². The zero-order valence-electron chi connectivity index (χ0n) is 18.1. The van der Waals surface area contributed by atoms with E-state index in [0.29, 0.717) is 30.5 Å². The number of carboxylic acids is 1. The van der Waals surface area contributed by atoms with Crippen molar-refractivity contribution in [3.05, 3.63) is 65.6 Å². The topological polar surface area (TPSA) is 84.2 Å². The molecule has 0 bridgehead atoms. The second kappa shape index (κ2) is 6.84. The molecule has 4 atom stereocenters. The maximum atomic E-state index is 13.3. The first kappa shape index (κ1) is 21.2. The summed E-state index contributed by atoms with van der Waals surface area (Å²) in [6, 6.07) is 8.55. The van der Waals surface area contributed by atoms with Crippen molar-refractivity contribution in [2.75, 3.05) is 0 Å². The van der Waals surface area contributed by atoms with E-state index in [9.17, 15) is 27.9 Å². The number of hydrogen-bond donors (Lipinski definition) is 2. The molecule has 3 aliphatic rings. The molecule has 3 saturated carbocycles. The average molecular weight is 469 g/mol. The maximum absolute atomic E-state index is 13.3. The van der Waals surface area contributed by atoms with Crippen LogP contribution in [0.1, 0.15) is 47.3 Å². The number of fused-ring (bicyclic) bond motifs is 1. The van der Waals surface area contributed by atoms with Gasteiger partial charge in [0.05, 0.1) is 17.0 Å². The summed E-state index contributed by atoms with van der Waals surface area (Å²) in [6.45, 7) is 0.296. The van der Waals surface area contributed by atoms with Crippen LogP contribution in [-0.4, -0.2) is 32.6 Å². The Morgan fingerprint density at radius 1 is 1.12 bits per heavy atom. The maximum Gasteiger partial charge on any atom is 0.416 e. The van der Waals surface area contributed by atoms with Crippen molar-refractivity contribution in [1.82, 2.24) is 14.9 Å². The molecule has 6 rings (SSSR count). The number of alkyl halides is 3. The Morgan fingerprint density at radius 2 is 1.88 bits per heavy atom. The minimum absolute atomic E-state index is 0.0558. The smallest absolute Gasteiger partial charge is 0.416 e. The number of carbonyl (C=O) groups is 2. The first-order valence-electron chi connectivity index (χ1n) is 11.3. The molecule has 0 aliphatic heterocycles. The van der Waals surface area contributed by atoms with Crippen LogP contribution in [0.5, 0.6) is 0 Å². The lowest BCUT2D eigenvalue weighted by Gasteiger charge is -2.40. The van der Waals surface area contributed by atoms with Crippen molar-refractivity contribution >= 4 is 22.8 Å². The predicted octanol–water partition coefficient (Wildman–Crippen LogP) is 4.48. The molecule has 2 aromatic heterocycles. The Kier molecular flexibility index (Phi) is 4.26. The highest BCUT2D eigenvalue weighted by molar-refractivity contribution is 6.04. The molecular formula is C25H22F3N3O3. The predicted molar refractivity (Wildman–Crippen MR) is 116 cm³/mol. The van der Waals surface area contributed by atoms with E-state index in [1.165, 1.54) is 12.1 Å². The van der Waals surface area contributed by atoms with Gasteiger partial charge in [-0.1, -0.05) is 12.1 Å². The van der Waals surface area contributed by atoms with Crippen LogP contribution in [0.2, 0.25) is 0 Å². The van der Waals surface area contributed by atoms with Crippen molar-refractivity contribution in [2.45, 2.75) is 44.4 Å². The zero-order valence-corrected chi connectivity index (χ0v) is 18.1. The number of carboxylic acid groups (broad SMARTS) is 1. The molecule has 2 heterocycles. The van der Waals surface area contributed by atoms with Crippen molar-refractivity contribution in [2.24, 2.45) is 16.7 Å². The van der Waals surface area contributed by atoms with Crippen molar-refractivity contribution in [3.63, 3.8) is 0 Å². The zero-order chi connectivity index (χ0) is 23.9. The minimum atomic E-state index is -4.39. The summed E-state index contributed by atoms with van der Waals surface area (Å²) in [5.41, 5.74) is 0.832. The number of halogens is 3. The fourth-order valence-electron chi connectivity index (χ4n) is 6.59. The monoisotopic (exact) mass is 469 g/mol. The number of aromatic nitrogens is 2. The molecule has 34 heavy (non-hydrogen) atoms. The Hall–Kier alpha value is -3.36. The second-order valence-corrected chi connectivity index (χ2v) is 10.0. The largest absolute Gasteiger partial charge is 0.481 e. The van der Waals surface area contributed by atoms with Gasteiger partial charge in [-0.3, -0.25) is 9.59 Å². The van der Waals surface area contributed by atoms with Crippen molar-refractivity contribution in [1.29, 1.82) is 0 Å². The highest BCUT2D eigenvalue weighted by atomic mass is 19.4. The van der Waals surface area contributed by atoms with E-state index in [1.807, 2.05) is 10.6 Å². The summed E-state index contributed by atoms with van der Waals surface area (Å²) < 4.78 is 40.4. The summed E-state index contributed by atoms with van der Waals surface area (Å²) in [4.78, 5) is 29.0. The molecule has 176 valence electrons. The van der Waals surface area contributed by atoms with Gasteiger partial charge in [-0.15, -0.1) is 0 Å². The minimum Gasteiger partial charge on any atom is -0.481 e. The number of amides is 1. The van der Waals surface area contributed by atoms with E-state index in [0.717, 1.165) is 30.4 Å². The molecule has 2 N–H and O–H groups in total. The number of aliphatic carboxylic acids is 1. The molecule has 6 nitrogen and oxygen atoms in total. The summed E-state index contributed by atoms with van der Waals surface area (Å²) in [5, 5.41) is 13.3. The van der Waals surface area contributed by atoms with Gasteiger partial charge in [0.1, 0.15) is 0 Å². The number of nitrogens with one attached hydrogen (secondary N) is 1. The summed E-state index contributed by atoms with van der Waals surface area (Å²) in [7, 11) is 0. The molecule has 0 spiro atoms. The molecule has 3 aliphatic carbocycles. The number of benzene rings is 1. The van der Waals surface area contributed by atoms with Crippen LogP contribution in [-0.2, 0) is 17.5 Å². The quantitative estimate of drug-likeness (QED) is 0.577. The van der Waals surface area contributed by atoms with Gasteiger partial charge in [0.25, 0.3) is 5.91 Å². The highest BCUT2D eigenvalue weighted by Crippen LogP contribution is 2.85. The third kappa shape index (κ3) is 2.98. The second-order valence-electron chi connectivity index (χ2n) is 10.0. The van der Waals surface area contributed by atoms with Gasteiger partial charge in [0.15, 0.2) is 5.69 Å². The molecule has 1 aromatic carbocycles. The fourth-order valence-corrected chi connectivity index (χ4v) is 6.59. The van der Waals surface area contributed by atoms with Crippen molar-refractivity contribution < 1.29 is 27.9 Å². The van der Waals surface area contributed by atoms with E-state index in [2.05, 4.69) is 10.3 Å². The molecule has 3 aromatic rings. The lowest BCUT2D eigenvalue weighted by Crippen LogP contribution is -2.50. The number of hydrogen-bond acceptors (Lipinski definition) is 3. The van der Waals surface area contributed by atoms with E-state index < -0.39 is 17.7 Å². The highest BCUT2D eigenvalue weighted by Gasteiger charge is 2.82. The van der Waals surface area contributed by atoms with Crippen LogP contribution in [0, 0.1) is 16.7 Å². The first-order chi connectivity index (χ1) is 16.1. The molecule has 9 heteroatoms. The van der Waals surface area contributed by atoms with Gasteiger partial charge in [-0.05, 0) is 66.3 Å². The lowest BCUT2D eigenvalue weighted by atomic mass is 9.71. The van der Waals surface area contributed by atoms with Crippen LogP contribution < -0.4 is 5.32 Å². The summed E-state index contributed by atoms with van der Waals surface area (Å²) in [5.74, 6) is -1.40. The number of carbonyl (C=O) groups excluding carboxylic acids is 1. The first-order valence-corrected chi connectivity index (χ1v) is 11.3. The number of pyridine rings is 1.